The number of aliphatic hydroxyl groups excluding tert-OH is 2. The molecular formula is C30H47NO9. The molecule has 10 heteroatoms. The molecule has 1 fully saturated rings. The van der Waals surface area contributed by atoms with E-state index in [1.807, 2.05) is 27.7 Å². The highest BCUT2D eigenvalue weighted by molar-refractivity contribution is 5.93. The molecule has 0 radical (unpaired) electrons. The number of carbonyl (C=O) groups is 2. The van der Waals surface area contributed by atoms with E-state index in [0.29, 0.717) is 43.2 Å². The molecule has 1 aliphatic rings. The molecular weight excluding hydrogens is 518 g/mol. The summed E-state index contributed by atoms with van der Waals surface area (Å²) >= 11 is 0. The van der Waals surface area contributed by atoms with E-state index in [1.165, 1.54) is 7.11 Å². The van der Waals surface area contributed by atoms with Crippen LogP contribution in [-0.2, 0) is 20.7 Å². The predicted octanol–water partition coefficient (Wildman–Crippen LogP) is 3.80. The van der Waals surface area contributed by atoms with Crippen LogP contribution in [0.15, 0.2) is 18.2 Å². The number of nitrogens with one attached hydrogen (secondary N) is 1. The second kappa shape index (κ2) is 14.3. The van der Waals surface area contributed by atoms with E-state index in [2.05, 4.69) is 11.9 Å². The minimum Gasteiger partial charge on any atom is -0.508 e. The smallest absolute Gasteiger partial charge is 0.339 e. The van der Waals surface area contributed by atoms with Crippen LogP contribution >= 0.6 is 0 Å². The Morgan fingerprint density at radius 2 is 1.88 bits per heavy atom. The van der Waals surface area contributed by atoms with Gasteiger partial charge >= 0.3 is 5.97 Å². The lowest BCUT2D eigenvalue weighted by molar-refractivity contribution is -0.210. The van der Waals surface area contributed by atoms with Crippen molar-refractivity contribution in [2.75, 3.05) is 7.11 Å². The monoisotopic (exact) mass is 565 g/mol. The van der Waals surface area contributed by atoms with Gasteiger partial charge in [-0.15, -0.1) is 6.58 Å². The number of rotatable bonds is 14. The van der Waals surface area contributed by atoms with Crippen LogP contribution in [0, 0.1) is 18.3 Å². The molecule has 0 bridgehead atoms. The number of phenols is 2. The first-order valence-corrected chi connectivity index (χ1v) is 13.9. The van der Waals surface area contributed by atoms with Gasteiger partial charge in [-0.1, -0.05) is 26.3 Å². The lowest BCUT2D eigenvalue weighted by atomic mass is 9.73. The molecule has 0 aromatic heterocycles. The quantitative estimate of drug-likeness (QED) is 0.145. The molecule has 0 aliphatic carbocycles. The zero-order chi connectivity index (χ0) is 30.4. The van der Waals surface area contributed by atoms with Gasteiger partial charge in [0.05, 0.1) is 12.2 Å². The van der Waals surface area contributed by atoms with Gasteiger partial charge in [0, 0.05) is 25.0 Å². The van der Waals surface area contributed by atoms with Crippen molar-refractivity contribution in [1.82, 2.24) is 5.32 Å². The van der Waals surface area contributed by atoms with Crippen LogP contribution in [0.25, 0.3) is 0 Å². The SMILES string of the molecule is C=C(C)CCC(O)C(=O)NC(OC)C1CC(O)C(C)(C)C(CC[C@@H](C)CCc2c(C)c(O)cc(O)c2C(=O)O)O1. The highest BCUT2D eigenvalue weighted by Gasteiger charge is 2.46. The van der Waals surface area contributed by atoms with Crippen LogP contribution in [-0.4, -0.2) is 75.2 Å². The van der Waals surface area contributed by atoms with Crippen LogP contribution < -0.4 is 5.32 Å². The Morgan fingerprint density at radius 1 is 1.23 bits per heavy atom. The second-order valence-electron chi connectivity index (χ2n) is 11.8. The van der Waals surface area contributed by atoms with Crippen molar-refractivity contribution in [2.24, 2.45) is 11.3 Å². The number of methoxy groups -OCH3 is 1. The van der Waals surface area contributed by atoms with Crippen molar-refractivity contribution in [2.45, 2.75) is 110 Å². The van der Waals surface area contributed by atoms with Crippen molar-refractivity contribution in [1.29, 1.82) is 0 Å². The lowest BCUT2D eigenvalue weighted by Crippen LogP contribution is -2.58. The van der Waals surface area contributed by atoms with Gasteiger partial charge in [-0.25, -0.2) is 4.79 Å². The van der Waals surface area contributed by atoms with Crippen LogP contribution in [0.3, 0.4) is 0 Å². The number of allylic oxidation sites excluding steroid dienone is 1. The van der Waals surface area contributed by atoms with Crippen molar-refractivity contribution < 1.29 is 44.6 Å². The van der Waals surface area contributed by atoms with E-state index >= 15 is 0 Å². The van der Waals surface area contributed by atoms with Gasteiger partial charge in [0.1, 0.15) is 29.3 Å². The Balaban J connectivity index is 2.05. The van der Waals surface area contributed by atoms with Gasteiger partial charge in [0.15, 0.2) is 6.23 Å². The maximum atomic E-state index is 12.5. The molecule has 1 heterocycles. The fraction of sp³-hybridized carbons (Fsp3) is 0.667. The summed E-state index contributed by atoms with van der Waals surface area (Å²) in [7, 11) is 1.43. The standard InChI is InChI=1S/C30H47NO9/c1-16(2)8-12-20(32)27(36)31-28(39-7)23-15-24(35)30(5,6)25(40-23)13-10-17(3)9-11-19-18(4)21(33)14-22(34)26(19)29(37)38/h14,17,20,23-25,28,32-35H,1,8-13,15H2,2-7H3,(H,31,36)(H,37,38)/t17-,20?,23?,24?,25?,28?/m0/s1. The maximum Gasteiger partial charge on any atom is 0.339 e. The Bertz CT molecular complexity index is 1050. The molecule has 6 N–H and O–H groups in total. The summed E-state index contributed by atoms with van der Waals surface area (Å²) in [4.78, 5) is 24.3. The maximum absolute atomic E-state index is 12.5. The number of carbonyl (C=O) groups excluding carboxylic acids is 1. The van der Waals surface area contributed by atoms with Gasteiger partial charge in [-0.3, -0.25) is 4.79 Å². The van der Waals surface area contributed by atoms with E-state index in [0.717, 1.165) is 11.6 Å². The van der Waals surface area contributed by atoms with Gasteiger partial charge in [-0.05, 0) is 69.4 Å². The molecule has 6 atom stereocenters. The Hall–Kier alpha value is -2.66. The molecule has 2 rings (SSSR count). The first kappa shape index (κ1) is 33.5. The normalized spacial score (nSPS) is 22.8. The number of carboxylic acid groups (broad SMARTS) is 1. The van der Waals surface area contributed by atoms with E-state index in [1.54, 1.807) is 6.92 Å². The van der Waals surface area contributed by atoms with E-state index in [9.17, 15) is 35.1 Å². The molecule has 226 valence electrons. The fourth-order valence-corrected chi connectivity index (χ4v) is 5.20. The number of benzene rings is 1. The minimum atomic E-state index is -1.25. The molecule has 0 saturated carbocycles. The van der Waals surface area contributed by atoms with Crippen molar-refractivity contribution in [3.05, 3.63) is 34.9 Å². The number of ether oxygens (including phenoxy) is 2. The summed E-state index contributed by atoms with van der Waals surface area (Å²) in [5, 5.41) is 53.6. The average molecular weight is 566 g/mol. The first-order chi connectivity index (χ1) is 18.6. The second-order valence-corrected chi connectivity index (χ2v) is 11.8. The summed E-state index contributed by atoms with van der Waals surface area (Å²) in [6, 6.07) is 1.05. The van der Waals surface area contributed by atoms with E-state index < -0.39 is 47.6 Å². The lowest BCUT2D eigenvalue weighted by Gasteiger charge is -2.47. The molecule has 1 aromatic rings. The summed E-state index contributed by atoms with van der Waals surface area (Å²) in [5.41, 5.74) is 0.949. The van der Waals surface area contributed by atoms with Crippen molar-refractivity contribution >= 4 is 11.9 Å². The third kappa shape index (κ3) is 8.42. The zero-order valence-electron chi connectivity index (χ0n) is 24.6. The largest absolute Gasteiger partial charge is 0.508 e. The van der Waals surface area contributed by atoms with Crippen LogP contribution in [0.4, 0.5) is 0 Å². The van der Waals surface area contributed by atoms with Crippen LogP contribution in [0.5, 0.6) is 11.5 Å². The third-order valence-corrected chi connectivity index (χ3v) is 8.20. The number of hydrogen-bond donors (Lipinski definition) is 6. The summed E-state index contributed by atoms with van der Waals surface area (Å²) < 4.78 is 11.9. The highest BCUT2D eigenvalue weighted by Crippen LogP contribution is 2.40. The summed E-state index contributed by atoms with van der Waals surface area (Å²) in [6.07, 6.45) is -0.462. The van der Waals surface area contributed by atoms with E-state index in [-0.39, 0.29) is 36.2 Å². The molecule has 10 nitrogen and oxygen atoms in total. The molecule has 1 aromatic carbocycles. The van der Waals surface area contributed by atoms with Gasteiger partial charge < -0.3 is 40.3 Å². The van der Waals surface area contributed by atoms with Gasteiger partial charge in [0.25, 0.3) is 5.91 Å². The van der Waals surface area contributed by atoms with Gasteiger partial charge in [0.2, 0.25) is 0 Å². The Labute approximate surface area is 237 Å². The van der Waals surface area contributed by atoms with Crippen molar-refractivity contribution in [3.8, 4) is 11.5 Å². The zero-order valence-corrected chi connectivity index (χ0v) is 24.6. The molecule has 1 saturated heterocycles. The number of hydrogen-bond acceptors (Lipinski definition) is 8. The Kier molecular flexibility index (Phi) is 12.0. The number of carboxylic acids is 1. The fourth-order valence-electron chi connectivity index (χ4n) is 5.20. The minimum absolute atomic E-state index is 0.142. The van der Waals surface area contributed by atoms with Crippen molar-refractivity contribution in [3.63, 3.8) is 0 Å². The first-order valence-electron chi connectivity index (χ1n) is 13.9. The average Bonchev–Trinajstić information content (AvgIpc) is 2.87. The molecule has 1 amide bonds. The third-order valence-electron chi connectivity index (χ3n) is 8.20. The molecule has 5 unspecified atom stereocenters. The summed E-state index contributed by atoms with van der Waals surface area (Å²) in [5.74, 6) is -2.28. The number of phenolic OH excluding ortho intramolecular Hbond substituents is 1. The summed E-state index contributed by atoms with van der Waals surface area (Å²) in [6.45, 7) is 13.1. The molecule has 40 heavy (non-hydrogen) atoms. The van der Waals surface area contributed by atoms with Gasteiger partial charge in [-0.2, -0.15) is 0 Å². The molecule has 1 aliphatic heterocycles. The number of aromatic carboxylic acids is 1. The van der Waals surface area contributed by atoms with Crippen LogP contribution in [0.1, 0.15) is 87.7 Å². The van der Waals surface area contributed by atoms with E-state index in [4.69, 9.17) is 9.47 Å². The number of amides is 1. The Morgan fingerprint density at radius 3 is 2.45 bits per heavy atom. The number of aliphatic hydroxyl groups is 2. The highest BCUT2D eigenvalue weighted by atomic mass is 16.6. The topological polar surface area (TPSA) is 166 Å². The predicted molar refractivity (Wildman–Crippen MR) is 150 cm³/mol. The molecule has 0 spiro atoms. The number of aromatic hydroxyl groups is 2. The van der Waals surface area contributed by atoms with Crippen LogP contribution in [0.2, 0.25) is 0 Å².